The van der Waals surface area contributed by atoms with Crippen LogP contribution >= 0.6 is 0 Å². The lowest BCUT2D eigenvalue weighted by Crippen LogP contribution is -2.36. The minimum atomic E-state index is 0.806. The van der Waals surface area contributed by atoms with Crippen LogP contribution in [0.25, 0.3) is 32.7 Å². The van der Waals surface area contributed by atoms with Gasteiger partial charge in [-0.3, -0.25) is 0 Å². The van der Waals surface area contributed by atoms with E-state index in [4.69, 9.17) is 4.74 Å². The third-order valence-electron chi connectivity index (χ3n) is 5.31. The smallest absolute Gasteiger partial charge is 0.0642 e. The number of morpholine rings is 1. The molecule has 1 aliphatic rings. The van der Waals surface area contributed by atoms with E-state index in [0.717, 1.165) is 26.3 Å². The van der Waals surface area contributed by atoms with Crippen molar-refractivity contribution in [1.82, 2.24) is 0 Å². The molecule has 0 aliphatic carbocycles. The minimum Gasteiger partial charge on any atom is -0.378 e. The average molecular weight is 339 g/mol. The molecule has 0 atom stereocenters. The minimum absolute atomic E-state index is 0.806. The van der Waals surface area contributed by atoms with E-state index in [2.05, 4.69) is 83.8 Å². The lowest BCUT2D eigenvalue weighted by Gasteiger charge is -2.30. The van der Waals surface area contributed by atoms with Crippen molar-refractivity contribution in [3.8, 4) is 11.1 Å². The molecule has 26 heavy (non-hydrogen) atoms. The van der Waals surface area contributed by atoms with E-state index < -0.39 is 0 Å². The monoisotopic (exact) mass is 339 g/mol. The highest BCUT2D eigenvalue weighted by Crippen LogP contribution is 2.35. The van der Waals surface area contributed by atoms with Crippen LogP contribution in [0.2, 0.25) is 0 Å². The van der Waals surface area contributed by atoms with Gasteiger partial charge in [-0.15, -0.1) is 0 Å². The highest BCUT2D eigenvalue weighted by molar-refractivity contribution is 6.04. The Kier molecular flexibility index (Phi) is 3.84. The summed E-state index contributed by atoms with van der Waals surface area (Å²) in [4.78, 5) is 2.44. The summed E-state index contributed by atoms with van der Waals surface area (Å²) in [6, 6.07) is 28.6. The van der Waals surface area contributed by atoms with Crippen molar-refractivity contribution in [3.63, 3.8) is 0 Å². The van der Waals surface area contributed by atoms with Gasteiger partial charge in [0.1, 0.15) is 0 Å². The van der Waals surface area contributed by atoms with Gasteiger partial charge in [0.25, 0.3) is 0 Å². The first-order valence-corrected chi connectivity index (χ1v) is 9.24. The zero-order valence-corrected chi connectivity index (χ0v) is 14.7. The van der Waals surface area contributed by atoms with Crippen LogP contribution in [-0.2, 0) is 4.74 Å². The lowest BCUT2D eigenvalue weighted by molar-refractivity contribution is 0.123. The predicted molar refractivity (Wildman–Crippen MR) is 110 cm³/mol. The van der Waals surface area contributed by atoms with Crippen molar-refractivity contribution in [2.45, 2.75) is 0 Å². The predicted octanol–water partition coefficient (Wildman–Crippen LogP) is 5.50. The first-order chi connectivity index (χ1) is 12.9. The average Bonchev–Trinajstić information content (AvgIpc) is 2.73. The van der Waals surface area contributed by atoms with Gasteiger partial charge in [0.15, 0.2) is 0 Å². The van der Waals surface area contributed by atoms with Crippen LogP contribution in [0, 0.1) is 0 Å². The molecular weight excluding hydrogens is 318 g/mol. The van der Waals surface area contributed by atoms with Crippen molar-refractivity contribution in [2.24, 2.45) is 0 Å². The van der Waals surface area contributed by atoms with Gasteiger partial charge >= 0.3 is 0 Å². The number of hydrogen-bond donors (Lipinski definition) is 0. The van der Waals surface area contributed by atoms with Crippen LogP contribution in [0.1, 0.15) is 0 Å². The standard InChI is InChI=1S/C24H21NO/c1-2-6-19-17-20(12-11-18(19)5-1)21-7-3-9-23-22(21)8-4-10-24(23)25-13-15-26-16-14-25/h1-12,17H,13-16H2. The zero-order chi connectivity index (χ0) is 17.3. The highest BCUT2D eigenvalue weighted by atomic mass is 16.5. The molecule has 4 aromatic rings. The van der Waals surface area contributed by atoms with Crippen molar-refractivity contribution >= 4 is 27.2 Å². The maximum absolute atomic E-state index is 5.53. The SMILES string of the molecule is c1ccc2cc(-c3cccc4c(N5CCOCC5)cccc34)ccc2c1. The molecule has 0 saturated carbocycles. The fourth-order valence-corrected chi connectivity index (χ4v) is 3.98. The van der Waals surface area contributed by atoms with Gasteiger partial charge in [-0.05, 0) is 39.4 Å². The van der Waals surface area contributed by atoms with Gasteiger partial charge in [0.05, 0.1) is 13.2 Å². The number of nitrogens with zero attached hydrogens (tertiary/aromatic N) is 1. The second kappa shape index (κ2) is 6.47. The second-order valence-corrected chi connectivity index (χ2v) is 6.84. The molecule has 1 fully saturated rings. The van der Waals surface area contributed by atoms with E-state index in [-0.39, 0.29) is 0 Å². The summed E-state index contributed by atoms with van der Waals surface area (Å²) < 4.78 is 5.53. The molecule has 0 amide bonds. The summed E-state index contributed by atoms with van der Waals surface area (Å²) in [5, 5.41) is 5.20. The van der Waals surface area contributed by atoms with Gasteiger partial charge in [-0.2, -0.15) is 0 Å². The van der Waals surface area contributed by atoms with Crippen LogP contribution < -0.4 is 4.90 Å². The number of hydrogen-bond acceptors (Lipinski definition) is 2. The number of benzene rings is 4. The lowest BCUT2D eigenvalue weighted by atomic mass is 9.95. The first-order valence-electron chi connectivity index (χ1n) is 9.24. The molecular formula is C24H21NO. The topological polar surface area (TPSA) is 12.5 Å². The van der Waals surface area contributed by atoms with Crippen LogP contribution in [0.4, 0.5) is 5.69 Å². The Hall–Kier alpha value is -2.84. The largest absolute Gasteiger partial charge is 0.378 e. The first kappa shape index (κ1) is 15.4. The Labute approximate surface area is 153 Å². The molecule has 0 radical (unpaired) electrons. The van der Waals surface area contributed by atoms with Gasteiger partial charge in [-0.1, -0.05) is 66.7 Å². The third kappa shape index (κ3) is 2.63. The highest BCUT2D eigenvalue weighted by Gasteiger charge is 2.15. The molecule has 1 saturated heterocycles. The quantitative estimate of drug-likeness (QED) is 0.478. The van der Waals surface area contributed by atoms with Crippen LogP contribution in [0.5, 0.6) is 0 Å². The van der Waals surface area contributed by atoms with Crippen LogP contribution in [0.15, 0.2) is 78.9 Å². The van der Waals surface area contributed by atoms with E-state index >= 15 is 0 Å². The van der Waals surface area contributed by atoms with E-state index in [1.807, 2.05) is 0 Å². The normalized spacial score (nSPS) is 14.8. The maximum Gasteiger partial charge on any atom is 0.0642 e. The molecule has 5 rings (SSSR count). The molecule has 2 heteroatoms. The molecule has 0 spiro atoms. The molecule has 4 aromatic carbocycles. The van der Waals surface area contributed by atoms with Crippen molar-refractivity contribution in [3.05, 3.63) is 78.9 Å². The third-order valence-corrected chi connectivity index (χ3v) is 5.31. The fraction of sp³-hybridized carbons (Fsp3) is 0.167. The molecule has 1 heterocycles. The summed E-state index contributed by atoms with van der Waals surface area (Å²) in [5.74, 6) is 0. The Bertz CT molecular complexity index is 1080. The summed E-state index contributed by atoms with van der Waals surface area (Å²) in [6.07, 6.45) is 0. The van der Waals surface area contributed by atoms with Gasteiger partial charge < -0.3 is 9.64 Å². The molecule has 0 N–H and O–H groups in total. The van der Waals surface area contributed by atoms with E-state index in [1.54, 1.807) is 0 Å². The second-order valence-electron chi connectivity index (χ2n) is 6.84. The van der Waals surface area contributed by atoms with Gasteiger partial charge in [-0.25, -0.2) is 0 Å². The Morgan fingerprint density at radius 3 is 2.31 bits per heavy atom. The van der Waals surface area contributed by atoms with Crippen LogP contribution in [-0.4, -0.2) is 26.3 Å². The molecule has 1 aliphatic heterocycles. The molecule has 0 bridgehead atoms. The summed E-state index contributed by atoms with van der Waals surface area (Å²) >= 11 is 0. The van der Waals surface area contributed by atoms with Gasteiger partial charge in [0.2, 0.25) is 0 Å². The van der Waals surface area contributed by atoms with Gasteiger partial charge in [0, 0.05) is 24.2 Å². The Balaban J connectivity index is 1.68. The zero-order valence-electron chi connectivity index (χ0n) is 14.7. The summed E-state index contributed by atoms with van der Waals surface area (Å²) in [7, 11) is 0. The molecule has 0 unspecified atom stereocenters. The number of ether oxygens (including phenoxy) is 1. The Morgan fingerprint density at radius 2 is 1.42 bits per heavy atom. The maximum atomic E-state index is 5.53. The number of rotatable bonds is 2. The van der Waals surface area contributed by atoms with Crippen molar-refractivity contribution < 1.29 is 4.74 Å². The fourth-order valence-electron chi connectivity index (χ4n) is 3.98. The van der Waals surface area contributed by atoms with E-state index in [0.29, 0.717) is 0 Å². The molecule has 128 valence electrons. The van der Waals surface area contributed by atoms with Crippen molar-refractivity contribution in [2.75, 3.05) is 31.2 Å². The molecule has 2 nitrogen and oxygen atoms in total. The van der Waals surface area contributed by atoms with E-state index in [1.165, 1.54) is 38.4 Å². The Morgan fingerprint density at radius 1 is 0.654 bits per heavy atom. The summed E-state index contributed by atoms with van der Waals surface area (Å²) in [6.45, 7) is 3.53. The van der Waals surface area contributed by atoms with Crippen LogP contribution in [0.3, 0.4) is 0 Å². The van der Waals surface area contributed by atoms with Crippen molar-refractivity contribution in [1.29, 1.82) is 0 Å². The van der Waals surface area contributed by atoms with E-state index in [9.17, 15) is 0 Å². The number of anilines is 1. The molecule has 0 aromatic heterocycles. The number of fused-ring (bicyclic) bond motifs is 2. The summed E-state index contributed by atoms with van der Waals surface area (Å²) in [5.41, 5.74) is 3.88.